The first-order chi connectivity index (χ1) is 18.0. The number of carboxylic acids is 3. The van der Waals surface area contributed by atoms with Gasteiger partial charge < -0.3 is 15.3 Å². The SMILES string of the molecule is CCCCCCCCCCCCCCCCC/C=C/[N+](CC(C)C(=O)O)(CC(C)C(=O)O)CC(C)C(=O)O. The molecule has 0 aromatic heterocycles. The number of quaternary nitrogens is 1. The summed E-state index contributed by atoms with van der Waals surface area (Å²) in [5.74, 6) is -5.04. The highest BCUT2D eigenvalue weighted by atomic mass is 16.4. The van der Waals surface area contributed by atoms with Gasteiger partial charge in [0.05, 0.1) is 25.8 Å². The Morgan fingerprint density at radius 3 is 1.13 bits per heavy atom. The number of allylic oxidation sites excluding steroid dienone is 1. The van der Waals surface area contributed by atoms with Gasteiger partial charge in [-0.2, -0.15) is 0 Å². The summed E-state index contributed by atoms with van der Waals surface area (Å²) < 4.78 is 0.0488. The molecular formula is C31H58NO6+. The molecule has 0 aromatic carbocycles. The average Bonchev–Trinajstić information content (AvgIpc) is 2.85. The maximum absolute atomic E-state index is 11.6. The van der Waals surface area contributed by atoms with Gasteiger partial charge in [0.1, 0.15) is 17.8 Å². The van der Waals surface area contributed by atoms with Gasteiger partial charge in [-0.3, -0.25) is 18.9 Å². The van der Waals surface area contributed by atoms with E-state index in [9.17, 15) is 29.7 Å². The van der Waals surface area contributed by atoms with Crippen molar-refractivity contribution in [2.24, 2.45) is 17.8 Å². The molecule has 0 bridgehead atoms. The Labute approximate surface area is 232 Å². The van der Waals surface area contributed by atoms with E-state index in [1.165, 1.54) is 83.5 Å². The molecule has 7 nitrogen and oxygen atoms in total. The summed E-state index contributed by atoms with van der Waals surface area (Å²) in [6.07, 6.45) is 24.3. The first-order valence-electron chi connectivity index (χ1n) is 15.3. The van der Waals surface area contributed by atoms with Crippen LogP contribution in [0.25, 0.3) is 0 Å². The fourth-order valence-electron chi connectivity index (χ4n) is 5.21. The predicted octanol–water partition coefficient (Wildman–Crippen LogP) is 7.74. The molecule has 0 amide bonds. The highest BCUT2D eigenvalue weighted by Gasteiger charge is 2.37. The molecule has 0 saturated carbocycles. The first kappa shape index (κ1) is 36.1. The van der Waals surface area contributed by atoms with E-state index < -0.39 is 35.7 Å². The van der Waals surface area contributed by atoms with E-state index in [0.717, 1.165) is 19.3 Å². The number of carboxylic acid groups (broad SMARTS) is 3. The van der Waals surface area contributed by atoms with E-state index in [1.807, 2.05) is 12.3 Å². The summed E-state index contributed by atoms with van der Waals surface area (Å²) in [6.45, 7) is 7.53. The summed E-state index contributed by atoms with van der Waals surface area (Å²) in [7, 11) is 0. The average molecular weight is 541 g/mol. The van der Waals surface area contributed by atoms with Crippen molar-refractivity contribution in [2.45, 2.75) is 130 Å². The third kappa shape index (κ3) is 18.4. The van der Waals surface area contributed by atoms with Crippen molar-refractivity contribution in [1.29, 1.82) is 0 Å². The van der Waals surface area contributed by atoms with Gasteiger partial charge in [-0.15, -0.1) is 0 Å². The van der Waals surface area contributed by atoms with Crippen molar-refractivity contribution in [2.75, 3.05) is 19.6 Å². The first-order valence-corrected chi connectivity index (χ1v) is 15.3. The molecule has 0 aliphatic carbocycles. The van der Waals surface area contributed by atoms with Crippen LogP contribution in [0.1, 0.15) is 130 Å². The molecule has 3 unspecified atom stereocenters. The van der Waals surface area contributed by atoms with Crippen molar-refractivity contribution in [3.63, 3.8) is 0 Å². The molecule has 0 heterocycles. The summed E-state index contributed by atoms with van der Waals surface area (Å²) in [4.78, 5) is 34.7. The highest BCUT2D eigenvalue weighted by molar-refractivity contribution is 5.70. The summed E-state index contributed by atoms with van der Waals surface area (Å²) in [5, 5.41) is 28.5. The lowest BCUT2D eigenvalue weighted by Gasteiger charge is -2.38. The normalized spacial score (nSPS) is 15.7. The van der Waals surface area contributed by atoms with Crippen molar-refractivity contribution >= 4 is 17.9 Å². The van der Waals surface area contributed by atoms with Gasteiger partial charge in [-0.1, -0.05) is 96.8 Å². The number of hydrogen-bond acceptors (Lipinski definition) is 3. The lowest BCUT2D eigenvalue weighted by atomic mass is 10.0. The zero-order valence-corrected chi connectivity index (χ0v) is 24.8. The van der Waals surface area contributed by atoms with Gasteiger partial charge in [-0.25, -0.2) is 0 Å². The van der Waals surface area contributed by atoms with Crippen molar-refractivity contribution in [3.8, 4) is 0 Å². The number of aliphatic carboxylic acids is 3. The molecule has 0 saturated heterocycles. The smallest absolute Gasteiger partial charge is 0.311 e. The Hall–Kier alpha value is -1.89. The lowest BCUT2D eigenvalue weighted by molar-refractivity contribution is -0.886. The van der Waals surface area contributed by atoms with Crippen molar-refractivity contribution in [3.05, 3.63) is 12.3 Å². The van der Waals surface area contributed by atoms with Crippen LogP contribution < -0.4 is 0 Å². The maximum Gasteiger partial charge on any atom is 0.311 e. The van der Waals surface area contributed by atoms with E-state index in [4.69, 9.17) is 0 Å². The van der Waals surface area contributed by atoms with Crippen LogP contribution in [-0.2, 0) is 14.4 Å². The number of carbonyl (C=O) groups is 3. The second-order valence-electron chi connectivity index (χ2n) is 11.6. The number of hydrogen-bond donors (Lipinski definition) is 3. The van der Waals surface area contributed by atoms with E-state index in [2.05, 4.69) is 6.92 Å². The summed E-state index contributed by atoms with van der Waals surface area (Å²) in [5.41, 5.74) is 0. The Balaban J connectivity index is 4.52. The van der Waals surface area contributed by atoms with Crippen LogP contribution in [0.4, 0.5) is 0 Å². The Bertz CT molecular complexity index is 622. The second-order valence-corrected chi connectivity index (χ2v) is 11.6. The minimum Gasteiger partial charge on any atom is -0.481 e. The van der Waals surface area contributed by atoms with E-state index in [-0.39, 0.29) is 24.1 Å². The second kappa shape index (κ2) is 22.0. The number of unbranched alkanes of at least 4 members (excludes halogenated alkanes) is 15. The minimum atomic E-state index is -0.964. The Morgan fingerprint density at radius 2 is 0.842 bits per heavy atom. The maximum atomic E-state index is 11.6. The topological polar surface area (TPSA) is 112 Å². The molecule has 38 heavy (non-hydrogen) atoms. The van der Waals surface area contributed by atoms with Gasteiger partial charge in [0.15, 0.2) is 0 Å². The third-order valence-corrected chi connectivity index (χ3v) is 7.57. The molecule has 222 valence electrons. The lowest BCUT2D eigenvalue weighted by Crippen LogP contribution is -2.53. The van der Waals surface area contributed by atoms with Gasteiger partial charge >= 0.3 is 17.9 Å². The van der Waals surface area contributed by atoms with E-state index in [0.29, 0.717) is 0 Å². The zero-order chi connectivity index (χ0) is 28.8. The molecule has 3 atom stereocenters. The van der Waals surface area contributed by atoms with E-state index >= 15 is 0 Å². The Morgan fingerprint density at radius 1 is 0.553 bits per heavy atom. The number of rotatable bonds is 26. The quantitative estimate of drug-likeness (QED) is 0.0764. The highest BCUT2D eigenvalue weighted by Crippen LogP contribution is 2.22. The van der Waals surface area contributed by atoms with Gasteiger partial charge in [-0.05, 0) is 39.7 Å². The molecule has 0 aliphatic rings. The molecule has 3 N–H and O–H groups in total. The van der Waals surface area contributed by atoms with Gasteiger partial charge in [0, 0.05) is 0 Å². The standard InChI is InChI=1S/C31H57NO6/c1-5-6-7-8-9-10-11-12-13-14-15-16-17-18-19-20-21-22-32(23-26(2)29(33)34,24-27(3)30(35)36)25-28(4)31(37)38/h21-22,26-28H,5-20,23-25H2,1-4H3,(H2-,33,34,35,36,37,38)/p+1/b22-21+. The summed E-state index contributed by atoms with van der Waals surface area (Å²) in [6, 6.07) is 0. The molecule has 0 rings (SSSR count). The molecule has 0 aliphatic heterocycles. The molecule has 7 heteroatoms. The van der Waals surface area contributed by atoms with Crippen LogP contribution in [0.5, 0.6) is 0 Å². The van der Waals surface area contributed by atoms with E-state index in [1.54, 1.807) is 20.8 Å². The van der Waals surface area contributed by atoms with Gasteiger partial charge in [0.2, 0.25) is 0 Å². The molecule has 0 aromatic rings. The number of nitrogens with zero attached hydrogens (tertiary/aromatic N) is 1. The van der Waals surface area contributed by atoms with Crippen LogP contribution in [-0.4, -0.2) is 57.3 Å². The zero-order valence-electron chi connectivity index (χ0n) is 24.8. The third-order valence-electron chi connectivity index (χ3n) is 7.57. The molecule has 0 radical (unpaired) electrons. The fourth-order valence-corrected chi connectivity index (χ4v) is 5.21. The van der Waals surface area contributed by atoms with Crippen LogP contribution >= 0.6 is 0 Å². The van der Waals surface area contributed by atoms with Crippen LogP contribution in [0, 0.1) is 17.8 Å². The largest absolute Gasteiger partial charge is 0.481 e. The van der Waals surface area contributed by atoms with Crippen LogP contribution in [0.3, 0.4) is 0 Å². The minimum absolute atomic E-state index is 0.0488. The van der Waals surface area contributed by atoms with Crippen LogP contribution in [0.2, 0.25) is 0 Å². The molecule has 0 fully saturated rings. The Kier molecular flexibility index (Phi) is 20.9. The van der Waals surface area contributed by atoms with Gasteiger partial charge in [0.25, 0.3) is 0 Å². The monoisotopic (exact) mass is 540 g/mol. The summed E-state index contributed by atoms with van der Waals surface area (Å²) >= 11 is 0. The molecular weight excluding hydrogens is 482 g/mol. The van der Waals surface area contributed by atoms with Crippen molar-refractivity contribution < 1.29 is 34.2 Å². The predicted molar refractivity (Wildman–Crippen MR) is 154 cm³/mol. The van der Waals surface area contributed by atoms with Crippen LogP contribution in [0.15, 0.2) is 12.3 Å². The van der Waals surface area contributed by atoms with Crippen molar-refractivity contribution in [1.82, 2.24) is 0 Å². The fraction of sp³-hybridized carbons (Fsp3) is 0.839. The molecule has 0 spiro atoms.